The van der Waals surface area contributed by atoms with Crippen LogP contribution >= 0.6 is 0 Å². The Balaban J connectivity index is 2.10. The van der Waals surface area contributed by atoms with Crippen LogP contribution in [0.15, 0.2) is 0 Å². The van der Waals surface area contributed by atoms with Gasteiger partial charge in [-0.05, 0) is 26.7 Å². The normalized spacial score (nSPS) is 47.7. The first-order chi connectivity index (χ1) is 5.08. The summed E-state index contributed by atoms with van der Waals surface area (Å²) in [5, 5.41) is 9.43. The molecule has 11 heavy (non-hydrogen) atoms. The molecule has 3 unspecified atom stereocenters. The molecule has 0 radical (unpaired) electrons. The Morgan fingerprint density at radius 2 is 2.00 bits per heavy atom. The molecule has 2 rings (SSSR count). The molecule has 1 saturated carbocycles. The lowest BCUT2D eigenvalue weighted by atomic mass is 10.2. The van der Waals surface area contributed by atoms with Gasteiger partial charge in [-0.2, -0.15) is 0 Å². The van der Waals surface area contributed by atoms with Crippen LogP contribution in [-0.4, -0.2) is 29.2 Å². The van der Waals surface area contributed by atoms with Gasteiger partial charge in [0.1, 0.15) is 6.10 Å². The minimum Gasteiger partial charge on any atom is -0.390 e. The maximum absolute atomic E-state index is 9.43. The van der Waals surface area contributed by atoms with Crippen LogP contribution < -0.4 is 0 Å². The molecule has 0 aromatic carbocycles. The fourth-order valence-electron chi connectivity index (χ4n) is 1.91. The van der Waals surface area contributed by atoms with E-state index in [1.54, 1.807) is 0 Å². The second kappa shape index (κ2) is 2.19. The number of fused-ring (bicyclic) bond motifs is 1. The van der Waals surface area contributed by atoms with E-state index in [2.05, 4.69) is 0 Å². The van der Waals surface area contributed by atoms with Gasteiger partial charge in [0, 0.05) is 0 Å². The highest BCUT2D eigenvalue weighted by Crippen LogP contribution is 2.37. The van der Waals surface area contributed by atoms with Crippen molar-refractivity contribution in [2.75, 3.05) is 0 Å². The Morgan fingerprint density at radius 3 is 2.64 bits per heavy atom. The largest absolute Gasteiger partial charge is 0.390 e. The van der Waals surface area contributed by atoms with Crippen LogP contribution in [0.1, 0.15) is 26.7 Å². The molecule has 2 aliphatic rings. The molecule has 1 saturated heterocycles. The van der Waals surface area contributed by atoms with E-state index in [1.807, 2.05) is 13.8 Å². The summed E-state index contributed by atoms with van der Waals surface area (Å²) in [5.41, 5.74) is 0. The zero-order chi connectivity index (χ0) is 8.06. The molecule has 1 N–H and O–H groups in total. The molecule has 3 nitrogen and oxygen atoms in total. The van der Waals surface area contributed by atoms with Crippen molar-refractivity contribution in [1.29, 1.82) is 0 Å². The molecule has 2 fully saturated rings. The van der Waals surface area contributed by atoms with Crippen molar-refractivity contribution in [1.82, 2.24) is 0 Å². The Kier molecular flexibility index (Phi) is 1.50. The van der Waals surface area contributed by atoms with E-state index in [4.69, 9.17) is 9.47 Å². The number of ether oxygens (including phenoxy) is 2. The Hall–Kier alpha value is -0.120. The van der Waals surface area contributed by atoms with Crippen molar-refractivity contribution in [2.45, 2.75) is 50.8 Å². The molecule has 1 heterocycles. The summed E-state index contributed by atoms with van der Waals surface area (Å²) < 4.78 is 11.1. The van der Waals surface area contributed by atoms with Crippen LogP contribution in [0.3, 0.4) is 0 Å². The Labute approximate surface area is 66.3 Å². The smallest absolute Gasteiger partial charge is 0.163 e. The summed E-state index contributed by atoms with van der Waals surface area (Å²) in [6.07, 6.45) is 1.47. The van der Waals surface area contributed by atoms with Crippen LogP contribution in [0.5, 0.6) is 0 Å². The van der Waals surface area contributed by atoms with E-state index >= 15 is 0 Å². The standard InChI is InChI=1S/C8H14O3/c1-8(2)10-6-4-3-5(9)7(6)11-8/h5-7,9H,3-4H2,1-2H3. The molecule has 3 atom stereocenters. The fourth-order valence-corrected chi connectivity index (χ4v) is 1.91. The lowest BCUT2D eigenvalue weighted by Gasteiger charge is -2.19. The minimum atomic E-state index is -0.489. The van der Waals surface area contributed by atoms with Crippen LogP contribution in [0, 0.1) is 0 Å². The van der Waals surface area contributed by atoms with Crippen LogP contribution in [0.2, 0.25) is 0 Å². The predicted molar refractivity (Wildman–Crippen MR) is 39.1 cm³/mol. The van der Waals surface area contributed by atoms with E-state index in [0.29, 0.717) is 0 Å². The van der Waals surface area contributed by atoms with Crippen molar-refractivity contribution >= 4 is 0 Å². The van der Waals surface area contributed by atoms with Gasteiger partial charge in [-0.15, -0.1) is 0 Å². The van der Waals surface area contributed by atoms with Gasteiger partial charge in [-0.1, -0.05) is 0 Å². The van der Waals surface area contributed by atoms with Crippen molar-refractivity contribution in [2.24, 2.45) is 0 Å². The molecule has 0 amide bonds. The van der Waals surface area contributed by atoms with E-state index in [1.165, 1.54) is 0 Å². The molecule has 64 valence electrons. The molecule has 0 spiro atoms. The van der Waals surface area contributed by atoms with Gasteiger partial charge in [0.25, 0.3) is 0 Å². The third-order valence-corrected chi connectivity index (χ3v) is 2.35. The summed E-state index contributed by atoms with van der Waals surface area (Å²) in [6, 6.07) is 0. The van der Waals surface area contributed by atoms with Gasteiger partial charge >= 0.3 is 0 Å². The lowest BCUT2D eigenvalue weighted by molar-refractivity contribution is -0.161. The van der Waals surface area contributed by atoms with Crippen molar-refractivity contribution in [3.63, 3.8) is 0 Å². The summed E-state index contributed by atoms with van der Waals surface area (Å²) >= 11 is 0. The molecule has 0 aromatic heterocycles. The van der Waals surface area contributed by atoms with Crippen molar-refractivity contribution in [3.8, 4) is 0 Å². The van der Waals surface area contributed by atoms with Crippen molar-refractivity contribution in [3.05, 3.63) is 0 Å². The summed E-state index contributed by atoms with van der Waals surface area (Å²) in [4.78, 5) is 0. The van der Waals surface area contributed by atoms with Gasteiger partial charge in [0.2, 0.25) is 0 Å². The first-order valence-corrected chi connectivity index (χ1v) is 4.12. The fraction of sp³-hybridized carbons (Fsp3) is 1.00. The highest BCUT2D eigenvalue weighted by molar-refractivity contribution is 4.92. The summed E-state index contributed by atoms with van der Waals surface area (Å²) in [6.45, 7) is 3.77. The molecule has 1 aliphatic carbocycles. The number of aliphatic hydroxyl groups is 1. The third kappa shape index (κ3) is 1.17. The Morgan fingerprint density at radius 1 is 1.27 bits per heavy atom. The highest BCUT2D eigenvalue weighted by atomic mass is 16.8. The average Bonchev–Trinajstić information content (AvgIpc) is 2.31. The van der Waals surface area contributed by atoms with E-state index in [0.717, 1.165) is 12.8 Å². The summed E-state index contributed by atoms with van der Waals surface area (Å²) in [5.74, 6) is -0.489. The monoisotopic (exact) mass is 158 g/mol. The Bertz CT molecular complexity index is 167. The molecule has 0 bridgehead atoms. The molecule has 1 aliphatic heterocycles. The van der Waals surface area contributed by atoms with Crippen molar-refractivity contribution < 1.29 is 14.6 Å². The van der Waals surface area contributed by atoms with Crippen LogP contribution in [-0.2, 0) is 9.47 Å². The van der Waals surface area contributed by atoms with Gasteiger partial charge in [-0.3, -0.25) is 0 Å². The van der Waals surface area contributed by atoms with Gasteiger partial charge < -0.3 is 14.6 Å². The highest BCUT2D eigenvalue weighted by Gasteiger charge is 2.48. The zero-order valence-corrected chi connectivity index (χ0v) is 6.91. The van der Waals surface area contributed by atoms with Crippen LogP contribution in [0.25, 0.3) is 0 Å². The van der Waals surface area contributed by atoms with Gasteiger partial charge in [-0.25, -0.2) is 0 Å². The lowest BCUT2D eigenvalue weighted by Crippen LogP contribution is -2.28. The van der Waals surface area contributed by atoms with E-state index in [9.17, 15) is 5.11 Å². The number of rotatable bonds is 0. The first kappa shape index (κ1) is 7.53. The SMILES string of the molecule is CC1(C)OC2CCC(O)C2O1. The quantitative estimate of drug-likeness (QED) is 0.563. The number of hydrogen-bond donors (Lipinski definition) is 1. The molecular weight excluding hydrogens is 144 g/mol. The van der Waals surface area contributed by atoms with E-state index in [-0.39, 0.29) is 18.3 Å². The summed E-state index contributed by atoms with van der Waals surface area (Å²) in [7, 11) is 0. The maximum Gasteiger partial charge on any atom is 0.163 e. The second-order valence-electron chi connectivity index (χ2n) is 3.78. The second-order valence-corrected chi connectivity index (χ2v) is 3.78. The minimum absolute atomic E-state index is 0.0787. The third-order valence-electron chi connectivity index (χ3n) is 2.35. The molecule has 0 aromatic rings. The van der Waals surface area contributed by atoms with E-state index < -0.39 is 5.79 Å². The number of hydrogen-bond acceptors (Lipinski definition) is 3. The zero-order valence-electron chi connectivity index (χ0n) is 6.91. The van der Waals surface area contributed by atoms with Gasteiger partial charge in [0.15, 0.2) is 5.79 Å². The predicted octanol–water partition coefficient (Wildman–Crippen LogP) is 0.661. The molecular formula is C8H14O3. The average molecular weight is 158 g/mol. The topological polar surface area (TPSA) is 38.7 Å². The van der Waals surface area contributed by atoms with Gasteiger partial charge in [0.05, 0.1) is 12.2 Å². The maximum atomic E-state index is 9.43. The number of aliphatic hydroxyl groups excluding tert-OH is 1. The first-order valence-electron chi connectivity index (χ1n) is 4.12. The van der Waals surface area contributed by atoms with Crippen LogP contribution in [0.4, 0.5) is 0 Å². The molecule has 3 heteroatoms.